The van der Waals surface area contributed by atoms with Gasteiger partial charge in [-0.2, -0.15) is 0 Å². The van der Waals surface area contributed by atoms with E-state index in [1.807, 2.05) is 6.92 Å². The topological polar surface area (TPSA) is 90.3 Å². The van der Waals surface area contributed by atoms with Gasteiger partial charge in [0.15, 0.2) is 0 Å². The molecule has 0 saturated carbocycles. The highest BCUT2D eigenvalue weighted by atomic mass is 16.3. The molecule has 0 aliphatic rings. The van der Waals surface area contributed by atoms with Crippen molar-refractivity contribution >= 4 is 11.6 Å². The summed E-state index contributed by atoms with van der Waals surface area (Å²) in [5.74, 6) is 2.08. The van der Waals surface area contributed by atoms with Crippen molar-refractivity contribution in [1.29, 1.82) is 0 Å². The van der Waals surface area contributed by atoms with Crippen LogP contribution in [0.5, 0.6) is 0 Å². The molecule has 0 spiro atoms. The van der Waals surface area contributed by atoms with E-state index in [9.17, 15) is 5.11 Å². The molecule has 0 bridgehead atoms. The lowest BCUT2D eigenvalue weighted by molar-refractivity contribution is 0.0131. The summed E-state index contributed by atoms with van der Waals surface area (Å²) in [6, 6.07) is 1.76. The molecule has 1 aromatic rings. The first-order valence-corrected chi connectivity index (χ1v) is 5.63. The van der Waals surface area contributed by atoms with Gasteiger partial charge in [0.2, 0.25) is 0 Å². The summed E-state index contributed by atoms with van der Waals surface area (Å²) < 4.78 is 0. The van der Waals surface area contributed by atoms with Gasteiger partial charge in [-0.15, -0.1) is 0 Å². The van der Waals surface area contributed by atoms with Crippen LogP contribution >= 0.6 is 0 Å². The number of hydrogen-bond acceptors (Lipinski definition) is 6. The number of nitrogens with one attached hydrogen (secondary N) is 2. The van der Waals surface area contributed by atoms with Gasteiger partial charge in [-0.1, -0.05) is 6.92 Å². The minimum absolute atomic E-state index is 0.229. The van der Waals surface area contributed by atoms with Gasteiger partial charge in [-0.05, 0) is 6.92 Å². The summed E-state index contributed by atoms with van der Waals surface area (Å²) in [4.78, 5) is 8.54. The first kappa shape index (κ1) is 13.7. The second-order valence-electron chi connectivity index (χ2n) is 4.17. The van der Waals surface area contributed by atoms with Gasteiger partial charge < -0.3 is 20.8 Å². The number of hydrogen-bond donors (Lipinski definition) is 4. The van der Waals surface area contributed by atoms with Gasteiger partial charge in [-0.25, -0.2) is 9.97 Å². The number of aliphatic hydroxyl groups excluding tert-OH is 1. The molecule has 0 aromatic carbocycles. The normalized spacial score (nSPS) is 14.2. The molecule has 6 nitrogen and oxygen atoms in total. The van der Waals surface area contributed by atoms with E-state index in [4.69, 9.17) is 5.11 Å². The van der Waals surface area contributed by atoms with Crippen LogP contribution in [0.1, 0.15) is 19.7 Å². The van der Waals surface area contributed by atoms with Crippen LogP contribution in [0.2, 0.25) is 0 Å². The minimum Gasteiger partial charge on any atom is -0.393 e. The zero-order valence-corrected chi connectivity index (χ0v) is 10.5. The number of rotatable bonds is 6. The third kappa shape index (κ3) is 4.16. The first-order chi connectivity index (χ1) is 8.00. The quantitative estimate of drug-likeness (QED) is 0.569. The Balaban J connectivity index is 2.76. The summed E-state index contributed by atoms with van der Waals surface area (Å²) in [5, 5.41) is 24.5. The van der Waals surface area contributed by atoms with Gasteiger partial charge >= 0.3 is 0 Å². The maximum absolute atomic E-state index is 9.67. The van der Waals surface area contributed by atoms with Gasteiger partial charge in [0.25, 0.3) is 0 Å². The molecule has 0 radical (unpaired) electrons. The second kappa shape index (κ2) is 5.79. The molecule has 0 aliphatic heterocycles. The molecule has 0 saturated heterocycles. The fraction of sp³-hybridized carbons (Fsp3) is 0.636. The number of nitrogens with zero attached hydrogens (tertiary/aromatic N) is 2. The lowest BCUT2D eigenvalue weighted by atomic mass is 10.1. The zero-order valence-electron chi connectivity index (χ0n) is 10.5. The first-order valence-electron chi connectivity index (χ1n) is 5.63. The maximum Gasteiger partial charge on any atom is 0.132 e. The molecule has 1 heterocycles. The Morgan fingerprint density at radius 3 is 2.53 bits per heavy atom. The molecule has 0 fully saturated rings. The van der Waals surface area contributed by atoms with Crippen LogP contribution in [-0.2, 0) is 6.42 Å². The number of anilines is 2. The van der Waals surface area contributed by atoms with Crippen LogP contribution < -0.4 is 10.6 Å². The summed E-state index contributed by atoms with van der Waals surface area (Å²) >= 11 is 0. The highest BCUT2D eigenvalue weighted by Crippen LogP contribution is 2.12. The van der Waals surface area contributed by atoms with E-state index in [1.165, 1.54) is 0 Å². The molecule has 1 aromatic heterocycles. The molecule has 96 valence electrons. The van der Waals surface area contributed by atoms with E-state index in [0.717, 1.165) is 18.1 Å². The van der Waals surface area contributed by atoms with Crippen molar-refractivity contribution in [3.63, 3.8) is 0 Å². The Morgan fingerprint density at radius 2 is 2.00 bits per heavy atom. The number of aromatic nitrogens is 2. The summed E-state index contributed by atoms with van der Waals surface area (Å²) in [5.41, 5.74) is -1.16. The Labute approximate surface area is 101 Å². The summed E-state index contributed by atoms with van der Waals surface area (Å²) in [6.45, 7) is 3.46. The van der Waals surface area contributed by atoms with Crippen LogP contribution in [0, 0.1) is 0 Å². The lowest BCUT2D eigenvalue weighted by Crippen LogP contribution is -2.37. The van der Waals surface area contributed by atoms with Crippen LogP contribution in [0.3, 0.4) is 0 Å². The summed E-state index contributed by atoms with van der Waals surface area (Å²) in [6.07, 6.45) is 0.737. The van der Waals surface area contributed by atoms with Crippen molar-refractivity contribution in [2.24, 2.45) is 0 Å². The molecule has 1 rings (SSSR count). The predicted octanol–water partition coefficient (Wildman–Crippen LogP) is 0.236. The van der Waals surface area contributed by atoms with Crippen molar-refractivity contribution in [3.8, 4) is 0 Å². The predicted molar refractivity (Wildman–Crippen MR) is 67.2 cm³/mol. The smallest absolute Gasteiger partial charge is 0.132 e. The van der Waals surface area contributed by atoms with Gasteiger partial charge in [-0.3, -0.25) is 0 Å². The lowest BCUT2D eigenvalue weighted by Gasteiger charge is -2.21. The molecule has 1 unspecified atom stereocenters. The molecule has 1 atom stereocenters. The van der Waals surface area contributed by atoms with E-state index in [0.29, 0.717) is 5.82 Å². The molecule has 0 amide bonds. The second-order valence-corrected chi connectivity index (χ2v) is 4.17. The third-order valence-electron chi connectivity index (χ3n) is 2.34. The Hall–Kier alpha value is -1.40. The fourth-order valence-corrected chi connectivity index (χ4v) is 1.21. The number of aliphatic hydroxyl groups is 2. The van der Waals surface area contributed by atoms with Crippen LogP contribution in [0.4, 0.5) is 11.6 Å². The zero-order chi connectivity index (χ0) is 12.9. The van der Waals surface area contributed by atoms with E-state index in [2.05, 4.69) is 20.6 Å². The SMILES string of the molecule is CCc1nc(NC)cc(NCC(C)(O)CO)n1. The Kier molecular flexibility index (Phi) is 4.65. The molecule has 4 N–H and O–H groups in total. The average molecular weight is 240 g/mol. The monoisotopic (exact) mass is 240 g/mol. The third-order valence-corrected chi connectivity index (χ3v) is 2.34. The van der Waals surface area contributed by atoms with Crippen molar-refractivity contribution in [2.75, 3.05) is 30.8 Å². The largest absolute Gasteiger partial charge is 0.393 e. The van der Waals surface area contributed by atoms with E-state index in [1.54, 1.807) is 20.0 Å². The van der Waals surface area contributed by atoms with Crippen molar-refractivity contribution < 1.29 is 10.2 Å². The van der Waals surface area contributed by atoms with E-state index >= 15 is 0 Å². The molecule has 6 heteroatoms. The number of aryl methyl sites for hydroxylation is 1. The van der Waals surface area contributed by atoms with Crippen molar-refractivity contribution in [2.45, 2.75) is 25.9 Å². The van der Waals surface area contributed by atoms with Gasteiger partial charge in [0, 0.05) is 26.1 Å². The standard InChI is InChI=1S/C11H20N4O2/c1-4-8-14-9(12-3)5-10(15-8)13-6-11(2,17)7-16/h5,16-17H,4,6-7H2,1-3H3,(H2,12,13,14,15). The highest BCUT2D eigenvalue weighted by Gasteiger charge is 2.18. The van der Waals surface area contributed by atoms with E-state index in [-0.39, 0.29) is 13.2 Å². The molecular weight excluding hydrogens is 220 g/mol. The molecule has 17 heavy (non-hydrogen) atoms. The van der Waals surface area contributed by atoms with Crippen LogP contribution in [0.25, 0.3) is 0 Å². The average Bonchev–Trinajstić information content (AvgIpc) is 2.36. The minimum atomic E-state index is -1.16. The van der Waals surface area contributed by atoms with Gasteiger partial charge in [0.1, 0.15) is 23.1 Å². The fourth-order valence-electron chi connectivity index (χ4n) is 1.21. The maximum atomic E-state index is 9.67. The van der Waals surface area contributed by atoms with Crippen LogP contribution in [-0.4, -0.2) is 46.0 Å². The molecular formula is C11H20N4O2. The van der Waals surface area contributed by atoms with Crippen molar-refractivity contribution in [1.82, 2.24) is 9.97 Å². The van der Waals surface area contributed by atoms with E-state index < -0.39 is 5.60 Å². The van der Waals surface area contributed by atoms with Crippen molar-refractivity contribution in [3.05, 3.63) is 11.9 Å². The molecule has 0 aliphatic carbocycles. The Bertz CT molecular complexity index is 346. The summed E-state index contributed by atoms with van der Waals surface area (Å²) in [7, 11) is 1.79. The van der Waals surface area contributed by atoms with Gasteiger partial charge in [0.05, 0.1) is 6.61 Å². The van der Waals surface area contributed by atoms with Crippen LogP contribution in [0.15, 0.2) is 6.07 Å². The Morgan fingerprint density at radius 1 is 1.35 bits per heavy atom. The highest BCUT2D eigenvalue weighted by molar-refractivity contribution is 5.47.